The van der Waals surface area contributed by atoms with Crippen LogP contribution in [0.15, 0.2) is 24.3 Å². The second-order valence-electron chi connectivity index (χ2n) is 7.15. The molecule has 3 atom stereocenters. The first kappa shape index (κ1) is 18.2. The van der Waals surface area contributed by atoms with Gasteiger partial charge in [0.15, 0.2) is 0 Å². The normalized spacial score (nSPS) is 27.1. The molecule has 5 heteroatoms. The molecule has 0 spiro atoms. The maximum Gasteiger partial charge on any atom is 0.248 e. The van der Waals surface area contributed by atoms with Crippen LogP contribution >= 0.6 is 0 Å². The van der Waals surface area contributed by atoms with Crippen molar-refractivity contribution in [1.82, 2.24) is 10.2 Å². The van der Waals surface area contributed by atoms with Crippen LogP contribution in [0, 0.1) is 0 Å². The number of hydrogen-bond donors (Lipinski definition) is 1. The lowest BCUT2D eigenvalue weighted by Gasteiger charge is -2.35. The Hall–Kier alpha value is -1.59. The molecule has 2 aliphatic rings. The highest BCUT2D eigenvalue weighted by Crippen LogP contribution is 2.29. The number of benzene rings is 1. The van der Waals surface area contributed by atoms with E-state index in [1.807, 2.05) is 17.0 Å². The number of amides is 1. The summed E-state index contributed by atoms with van der Waals surface area (Å²) in [6.07, 6.45) is 4.48. The van der Waals surface area contributed by atoms with Crippen molar-refractivity contribution >= 4 is 5.91 Å². The molecule has 25 heavy (non-hydrogen) atoms. The Morgan fingerprint density at radius 3 is 2.76 bits per heavy atom. The van der Waals surface area contributed by atoms with Crippen LogP contribution in [0.5, 0.6) is 5.75 Å². The van der Waals surface area contributed by atoms with Crippen LogP contribution in [0.1, 0.15) is 44.1 Å². The minimum absolute atomic E-state index is 0.0335. The highest BCUT2D eigenvalue weighted by Gasteiger charge is 2.29. The lowest BCUT2D eigenvalue weighted by Crippen LogP contribution is -2.46. The van der Waals surface area contributed by atoms with Crippen molar-refractivity contribution in [3.8, 4) is 5.75 Å². The van der Waals surface area contributed by atoms with Crippen molar-refractivity contribution in [2.75, 3.05) is 33.4 Å². The van der Waals surface area contributed by atoms with Crippen LogP contribution < -0.4 is 10.1 Å². The highest BCUT2D eigenvalue weighted by atomic mass is 16.5. The van der Waals surface area contributed by atoms with E-state index in [1.165, 1.54) is 12.0 Å². The van der Waals surface area contributed by atoms with E-state index in [0.717, 1.165) is 44.6 Å². The molecule has 0 aliphatic carbocycles. The number of nitrogens with one attached hydrogen (secondary N) is 1. The molecule has 1 aromatic carbocycles. The van der Waals surface area contributed by atoms with Gasteiger partial charge < -0.3 is 19.7 Å². The molecule has 0 aromatic heterocycles. The smallest absolute Gasteiger partial charge is 0.248 e. The van der Waals surface area contributed by atoms with E-state index in [9.17, 15) is 4.79 Å². The van der Waals surface area contributed by atoms with Crippen molar-refractivity contribution < 1.29 is 14.3 Å². The Balaban J connectivity index is 1.59. The van der Waals surface area contributed by atoms with E-state index in [1.54, 1.807) is 7.11 Å². The van der Waals surface area contributed by atoms with Gasteiger partial charge in [-0.3, -0.25) is 4.79 Å². The molecule has 2 fully saturated rings. The Morgan fingerprint density at radius 1 is 1.24 bits per heavy atom. The first-order valence-corrected chi connectivity index (χ1v) is 9.45. The summed E-state index contributed by atoms with van der Waals surface area (Å²) in [6, 6.07) is 8.55. The predicted molar refractivity (Wildman–Crippen MR) is 98.0 cm³/mol. The second kappa shape index (κ2) is 8.68. The number of piperidine rings is 2. The molecule has 0 bridgehead atoms. The fourth-order valence-electron chi connectivity index (χ4n) is 3.97. The summed E-state index contributed by atoms with van der Waals surface area (Å²) in [4.78, 5) is 14.5. The number of rotatable bonds is 5. The van der Waals surface area contributed by atoms with Crippen LogP contribution in [-0.2, 0) is 9.53 Å². The Labute approximate surface area is 150 Å². The average Bonchev–Trinajstić information content (AvgIpc) is 2.67. The number of nitrogens with zero attached hydrogens (tertiary/aromatic N) is 1. The van der Waals surface area contributed by atoms with Gasteiger partial charge in [0.2, 0.25) is 5.91 Å². The maximum absolute atomic E-state index is 12.5. The summed E-state index contributed by atoms with van der Waals surface area (Å²) in [7, 11) is 1.68. The van der Waals surface area contributed by atoms with Gasteiger partial charge in [0, 0.05) is 25.0 Å². The third kappa shape index (κ3) is 4.53. The quantitative estimate of drug-likeness (QED) is 0.890. The summed E-state index contributed by atoms with van der Waals surface area (Å²) in [5.74, 6) is 1.31. The molecule has 2 saturated heterocycles. The lowest BCUT2D eigenvalue weighted by molar-refractivity contribution is -0.142. The molecule has 0 radical (unpaired) electrons. The highest BCUT2D eigenvalue weighted by molar-refractivity contribution is 5.77. The van der Waals surface area contributed by atoms with E-state index < -0.39 is 0 Å². The van der Waals surface area contributed by atoms with Crippen molar-refractivity contribution in [3.05, 3.63) is 29.8 Å². The summed E-state index contributed by atoms with van der Waals surface area (Å²) < 4.78 is 11.3. The van der Waals surface area contributed by atoms with Crippen molar-refractivity contribution in [2.24, 2.45) is 0 Å². The first-order chi connectivity index (χ1) is 12.2. The molecular formula is C20H30N2O3. The predicted octanol–water partition coefficient (Wildman–Crippen LogP) is 2.56. The van der Waals surface area contributed by atoms with Gasteiger partial charge >= 0.3 is 0 Å². The molecule has 1 N–H and O–H groups in total. The average molecular weight is 346 g/mol. The molecule has 138 valence electrons. The van der Waals surface area contributed by atoms with Crippen molar-refractivity contribution in [3.63, 3.8) is 0 Å². The molecule has 2 unspecified atom stereocenters. The van der Waals surface area contributed by atoms with E-state index in [4.69, 9.17) is 9.47 Å². The third-order valence-electron chi connectivity index (χ3n) is 5.51. The van der Waals surface area contributed by atoms with Gasteiger partial charge in [0.1, 0.15) is 12.4 Å². The standard InChI is InChI=1S/C20H30N2O3/c1-15-5-3-4-12-22(15)20(23)14-25-19-13-21-11-10-18(19)16-6-8-17(24-2)9-7-16/h6-9,15,18-19,21H,3-5,10-14H2,1-2H3/t15?,18?,19-/m1/s1. The van der Waals surface area contributed by atoms with Crippen molar-refractivity contribution in [2.45, 2.75) is 50.7 Å². The van der Waals surface area contributed by atoms with Gasteiger partial charge in [-0.05, 0) is 56.8 Å². The summed E-state index contributed by atoms with van der Waals surface area (Å²) in [5, 5.41) is 3.39. The Kier molecular flexibility index (Phi) is 6.32. The molecule has 2 heterocycles. The molecular weight excluding hydrogens is 316 g/mol. The number of likely N-dealkylation sites (tertiary alicyclic amines) is 1. The van der Waals surface area contributed by atoms with Gasteiger partial charge in [-0.15, -0.1) is 0 Å². The number of carbonyl (C=O) groups excluding carboxylic acids is 1. The Morgan fingerprint density at radius 2 is 2.04 bits per heavy atom. The first-order valence-electron chi connectivity index (χ1n) is 9.45. The van der Waals surface area contributed by atoms with Crippen LogP contribution in [0.25, 0.3) is 0 Å². The van der Waals surface area contributed by atoms with Gasteiger partial charge in [0.25, 0.3) is 0 Å². The Bertz CT molecular complexity index is 561. The number of hydrogen-bond acceptors (Lipinski definition) is 4. The minimum atomic E-state index is 0.0335. The zero-order chi connectivity index (χ0) is 17.6. The monoisotopic (exact) mass is 346 g/mol. The molecule has 0 saturated carbocycles. The third-order valence-corrected chi connectivity index (χ3v) is 5.51. The largest absolute Gasteiger partial charge is 0.497 e. The molecule has 2 aliphatic heterocycles. The van der Waals surface area contributed by atoms with E-state index in [-0.39, 0.29) is 18.6 Å². The van der Waals surface area contributed by atoms with E-state index >= 15 is 0 Å². The van der Waals surface area contributed by atoms with Crippen LogP contribution in [0.4, 0.5) is 0 Å². The minimum Gasteiger partial charge on any atom is -0.497 e. The molecule has 1 amide bonds. The zero-order valence-electron chi connectivity index (χ0n) is 15.4. The van der Waals surface area contributed by atoms with Gasteiger partial charge in [0.05, 0.1) is 13.2 Å². The van der Waals surface area contributed by atoms with Crippen LogP contribution in [0.3, 0.4) is 0 Å². The van der Waals surface area contributed by atoms with E-state index in [2.05, 4.69) is 24.4 Å². The van der Waals surface area contributed by atoms with Crippen molar-refractivity contribution in [1.29, 1.82) is 0 Å². The van der Waals surface area contributed by atoms with E-state index in [0.29, 0.717) is 12.0 Å². The zero-order valence-corrected chi connectivity index (χ0v) is 15.4. The summed E-state index contributed by atoms with van der Waals surface area (Å²) in [6.45, 7) is 4.96. The maximum atomic E-state index is 12.5. The summed E-state index contributed by atoms with van der Waals surface area (Å²) >= 11 is 0. The molecule has 1 aromatic rings. The van der Waals surface area contributed by atoms with Gasteiger partial charge in [-0.2, -0.15) is 0 Å². The fraction of sp³-hybridized carbons (Fsp3) is 0.650. The van der Waals surface area contributed by atoms with Crippen LogP contribution in [-0.4, -0.2) is 56.3 Å². The molecule has 3 rings (SSSR count). The lowest BCUT2D eigenvalue weighted by atomic mass is 9.87. The number of methoxy groups -OCH3 is 1. The van der Waals surface area contributed by atoms with Gasteiger partial charge in [-0.1, -0.05) is 12.1 Å². The molecule has 5 nitrogen and oxygen atoms in total. The summed E-state index contributed by atoms with van der Waals surface area (Å²) in [5.41, 5.74) is 1.26. The number of ether oxygens (including phenoxy) is 2. The van der Waals surface area contributed by atoms with Gasteiger partial charge in [-0.25, -0.2) is 0 Å². The topological polar surface area (TPSA) is 50.8 Å². The SMILES string of the molecule is COc1ccc(C2CCNC[C@H]2OCC(=O)N2CCCCC2C)cc1. The fourth-order valence-corrected chi connectivity index (χ4v) is 3.97. The van der Waals surface area contributed by atoms with Crippen LogP contribution in [0.2, 0.25) is 0 Å². The number of carbonyl (C=O) groups is 1. The second-order valence-corrected chi connectivity index (χ2v) is 7.15.